The molecule has 3 heteroatoms. The van der Waals surface area contributed by atoms with Crippen LogP contribution in [0.5, 0.6) is 0 Å². The predicted molar refractivity (Wildman–Crippen MR) is 85.9 cm³/mol. The Morgan fingerprint density at radius 1 is 1.05 bits per heavy atom. The van der Waals surface area contributed by atoms with E-state index in [-0.39, 0.29) is 6.04 Å². The Balaban J connectivity index is 1.90. The van der Waals surface area contributed by atoms with Crippen LogP contribution < -0.4 is 11.3 Å². The van der Waals surface area contributed by atoms with Crippen LogP contribution in [0.2, 0.25) is 0 Å². The number of aryl methyl sites for hydroxylation is 2. The average Bonchev–Trinajstić information content (AvgIpc) is 2.87. The summed E-state index contributed by atoms with van der Waals surface area (Å²) in [6.45, 7) is 4.18. The second-order valence-corrected chi connectivity index (χ2v) is 5.60. The van der Waals surface area contributed by atoms with Gasteiger partial charge in [-0.1, -0.05) is 41.5 Å². The molecule has 1 atom stereocenters. The molecule has 1 unspecified atom stereocenters. The van der Waals surface area contributed by atoms with Gasteiger partial charge in [-0.05, 0) is 44.0 Å². The van der Waals surface area contributed by atoms with Crippen molar-refractivity contribution in [1.82, 2.24) is 5.43 Å². The highest BCUT2D eigenvalue weighted by molar-refractivity contribution is 5.78. The molecule has 3 nitrogen and oxygen atoms in total. The van der Waals surface area contributed by atoms with E-state index in [1.807, 2.05) is 6.07 Å². The van der Waals surface area contributed by atoms with E-state index in [0.29, 0.717) is 0 Å². The quantitative estimate of drug-likeness (QED) is 0.564. The molecule has 0 spiro atoms. The van der Waals surface area contributed by atoms with Gasteiger partial charge < -0.3 is 4.42 Å². The van der Waals surface area contributed by atoms with E-state index in [2.05, 4.69) is 61.7 Å². The number of hydrogen-bond donors (Lipinski definition) is 2. The van der Waals surface area contributed by atoms with E-state index >= 15 is 0 Å². The zero-order valence-corrected chi connectivity index (χ0v) is 12.4. The Morgan fingerprint density at radius 3 is 2.62 bits per heavy atom. The van der Waals surface area contributed by atoms with Gasteiger partial charge in [0, 0.05) is 5.39 Å². The highest BCUT2D eigenvalue weighted by Crippen LogP contribution is 2.26. The summed E-state index contributed by atoms with van der Waals surface area (Å²) in [7, 11) is 0. The lowest BCUT2D eigenvalue weighted by atomic mass is 10.0. The third-order valence-electron chi connectivity index (χ3n) is 3.76. The lowest BCUT2D eigenvalue weighted by Crippen LogP contribution is -2.29. The van der Waals surface area contributed by atoms with Crippen molar-refractivity contribution in [3.8, 4) is 0 Å². The number of hydrogen-bond acceptors (Lipinski definition) is 3. The van der Waals surface area contributed by atoms with Crippen LogP contribution in [0.15, 0.2) is 52.9 Å². The molecule has 3 N–H and O–H groups in total. The average molecular weight is 280 g/mol. The molecule has 1 aromatic heterocycles. The van der Waals surface area contributed by atoms with Gasteiger partial charge in [0.15, 0.2) is 0 Å². The van der Waals surface area contributed by atoms with E-state index in [4.69, 9.17) is 10.3 Å². The first-order valence-corrected chi connectivity index (χ1v) is 7.17. The van der Waals surface area contributed by atoms with E-state index in [1.54, 1.807) is 0 Å². The molecule has 0 amide bonds. The smallest absolute Gasteiger partial charge is 0.134 e. The second kappa shape index (κ2) is 5.72. The minimum atomic E-state index is -0.0282. The maximum absolute atomic E-state index is 5.94. The molecule has 2 aromatic carbocycles. The van der Waals surface area contributed by atoms with Crippen LogP contribution in [0.4, 0.5) is 0 Å². The highest BCUT2D eigenvalue weighted by atomic mass is 16.3. The SMILES string of the molecule is Cc1cccc(CC(NN)c2cc3cc(C)ccc3o2)c1. The van der Waals surface area contributed by atoms with Crippen LogP contribution in [0, 0.1) is 13.8 Å². The number of nitrogens with one attached hydrogen (secondary N) is 1. The summed E-state index contributed by atoms with van der Waals surface area (Å²) in [5.74, 6) is 6.61. The number of benzene rings is 2. The van der Waals surface area contributed by atoms with E-state index in [9.17, 15) is 0 Å². The van der Waals surface area contributed by atoms with Gasteiger partial charge in [-0.3, -0.25) is 5.84 Å². The lowest BCUT2D eigenvalue weighted by Gasteiger charge is -2.13. The van der Waals surface area contributed by atoms with Crippen LogP contribution in [0.25, 0.3) is 11.0 Å². The Kier molecular flexibility index (Phi) is 3.78. The first-order chi connectivity index (χ1) is 10.2. The Bertz CT molecular complexity index is 761. The second-order valence-electron chi connectivity index (χ2n) is 5.60. The molecule has 0 aliphatic heterocycles. The fraction of sp³-hybridized carbons (Fsp3) is 0.222. The summed E-state index contributed by atoms with van der Waals surface area (Å²) < 4.78 is 5.94. The van der Waals surface area contributed by atoms with E-state index in [0.717, 1.165) is 23.2 Å². The van der Waals surface area contributed by atoms with Crippen molar-refractivity contribution in [2.45, 2.75) is 26.3 Å². The van der Waals surface area contributed by atoms with Gasteiger partial charge in [0.1, 0.15) is 11.3 Å². The van der Waals surface area contributed by atoms with Gasteiger partial charge in [-0.2, -0.15) is 0 Å². The van der Waals surface area contributed by atoms with Gasteiger partial charge in [-0.25, -0.2) is 5.43 Å². The van der Waals surface area contributed by atoms with Crippen LogP contribution >= 0.6 is 0 Å². The summed E-state index contributed by atoms with van der Waals surface area (Å²) in [5.41, 5.74) is 7.50. The minimum absolute atomic E-state index is 0.0282. The van der Waals surface area contributed by atoms with E-state index < -0.39 is 0 Å². The van der Waals surface area contributed by atoms with Crippen molar-refractivity contribution in [3.05, 3.63) is 71.0 Å². The molecule has 0 saturated heterocycles. The molecule has 0 fully saturated rings. The number of rotatable bonds is 4. The Hall–Kier alpha value is -2.10. The topological polar surface area (TPSA) is 51.2 Å². The zero-order valence-electron chi connectivity index (χ0n) is 12.4. The maximum atomic E-state index is 5.94. The van der Waals surface area contributed by atoms with Crippen molar-refractivity contribution >= 4 is 11.0 Å². The van der Waals surface area contributed by atoms with Crippen molar-refractivity contribution in [2.24, 2.45) is 5.84 Å². The first-order valence-electron chi connectivity index (χ1n) is 7.17. The molecule has 1 heterocycles. The third-order valence-corrected chi connectivity index (χ3v) is 3.76. The van der Waals surface area contributed by atoms with Gasteiger partial charge in [-0.15, -0.1) is 0 Å². The molecular formula is C18H20N2O. The van der Waals surface area contributed by atoms with Gasteiger partial charge in [0.2, 0.25) is 0 Å². The summed E-state index contributed by atoms with van der Waals surface area (Å²) in [5, 5.41) is 1.12. The van der Waals surface area contributed by atoms with Crippen molar-refractivity contribution in [3.63, 3.8) is 0 Å². The molecule has 0 aliphatic rings. The normalized spacial score (nSPS) is 12.7. The van der Waals surface area contributed by atoms with Crippen LogP contribution in [0.1, 0.15) is 28.5 Å². The van der Waals surface area contributed by atoms with E-state index in [1.165, 1.54) is 16.7 Å². The van der Waals surface area contributed by atoms with Crippen molar-refractivity contribution in [2.75, 3.05) is 0 Å². The predicted octanol–water partition coefficient (Wildman–Crippen LogP) is 3.80. The standard InChI is InChI=1S/C18H20N2O/c1-12-4-3-5-14(8-12)10-16(20-19)18-11-15-9-13(2)6-7-17(15)21-18/h3-9,11,16,20H,10,19H2,1-2H3. The number of furan rings is 1. The van der Waals surface area contributed by atoms with Gasteiger partial charge >= 0.3 is 0 Å². The molecule has 0 aliphatic carbocycles. The number of fused-ring (bicyclic) bond motifs is 1. The number of nitrogens with two attached hydrogens (primary N) is 1. The van der Waals surface area contributed by atoms with Crippen LogP contribution in [0.3, 0.4) is 0 Å². The first kappa shape index (κ1) is 13.9. The Labute approximate surface area is 124 Å². The molecule has 108 valence electrons. The summed E-state index contributed by atoms with van der Waals surface area (Å²) in [6.07, 6.45) is 0.803. The van der Waals surface area contributed by atoms with Crippen LogP contribution in [-0.4, -0.2) is 0 Å². The third kappa shape index (κ3) is 2.99. The minimum Gasteiger partial charge on any atom is -0.459 e. The fourth-order valence-electron chi connectivity index (χ4n) is 2.67. The lowest BCUT2D eigenvalue weighted by molar-refractivity contribution is 0.434. The molecule has 3 aromatic rings. The monoisotopic (exact) mass is 280 g/mol. The molecule has 0 radical (unpaired) electrons. The highest BCUT2D eigenvalue weighted by Gasteiger charge is 2.15. The number of hydrazine groups is 1. The zero-order chi connectivity index (χ0) is 14.8. The van der Waals surface area contributed by atoms with Gasteiger partial charge in [0.05, 0.1) is 6.04 Å². The fourth-order valence-corrected chi connectivity index (χ4v) is 2.67. The molecule has 21 heavy (non-hydrogen) atoms. The largest absolute Gasteiger partial charge is 0.459 e. The summed E-state index contributed by atoms with van der Waals surface area (Å²) in [6, 6.07) is 16.7. The van der Waals surface area contributed by atoms with Crippen LogP contribution in [-0.2, 0) is 6.42 Å². The summed E-state index contributed by atoms with van der Waals surface area (Å²) in [4.78, 5) is 0. The van der Waals surface area contributed by atoms with Gasteiger partial charge in [0.25, 0.3) is 0 Å². The summed E-state index contributed by atoms with van der Waals surface area (Å²) >= 11 is 0. The van der Waals surface area contributed by atoms with Crippen molar-refractivity contribution < 1.29 is 4.42 Å². The molecular weight excluding hydrogens is 260 g/mol. The van der Waals surface area contributed by atoms with Crippen molar-refractivity contribution in [1.29, 1.82) is 0 Å². The molecule has 3 rings (SSSR count). The Morgan fingerprint density at radius 2 is 1.86 bits per heavy atom. The maximum Gasteiger partial charge on any atom is 0.134 e. The molecule has 0 saturated carbocycles. The molecule has 0 bridgehead atoms.